The van der Waals surface area contributed by atoms with Crippen molar-refractivity contribution in [2.45, 2.75) is 24.5 Å². The van der Waals surface area contributed by atoms with Crippen LogP contribution in [0.1, 0.15) is 28.9 Å². The van der Waals surface area contributed by atoms with Crippen LogP contribution in [0.4, 0.5) is 5.69 Å². The maximum atomic E-state index is 12.4. The highest BCUT2D eigenvalue weighted by atomic mass is 35.5. The number of amides is 1. The number of nitrogens with two attached hydrogens (primary N) is 1. The van der Waals surface area contributed by atoms with E-state index in [1.165, 1.54) is 36.4 Å². The molecular weight excluding hydrogens is 324 g/mol. The molecule has 3 N–H and O–H groups in total. The lowest BCUT2D eigenvalue weighted by molar-refractivity contribution is 0.0958. The molecule has 21 heavy (non-hydrogen) atoms. The number of carbonyl (C=O) groups excluding carboxylic acids is 1. The summed E-state index contributed by atoms with van der Waals surface area (Å²) in [5.41, 5.74) is 6.60. The van der Waals surface area contributed by atoms with Gasteiger partial charge in [-0.15, -0.1) is 11.3 Å². The number of benzene rings is 1. The van der Waals surface area contributed by atoms with Crippen molar-refractivity contribution >= 4 is 56.4 Å². The van der Waals surface area contributed by atoms with Crippen LogP contribution in [0.2, 0.25) is 5.02 Å². The predicted molar refractivity (Wildman–Crippen MR) is 93.7 cm³/mol. The van der Waals surface area contributed by atoms with Crippen molar-refractivity contribution < 1.29 is 4.79 Å². The summed E-state index contributed by atoms with van der Waals surface area (Å²) in [7, 11) is 0. The Labute approximate surface area is 137 Å². The molecule has 0 saturated carbocycles. The highest BCUT2D eigenvalue weighted by molar-refractivity contribution is 7.99. The minimum atomic E-state index is -0.0871. The largest absolute Gasteiger partial charge is 0.397 e. The average molecular weight is 341 g/mol. The van der Waals surface area contributed by atoms with Crippen molar-refractivity contribution in [3.05, 3.63) is 28.1 Å². The van der Waals surface area contributed by atoms with Crippen molar-refractivity contribution in [1.29, 1.82) is 0 Å². The number of hydrogen-bond acceptors (Lipinski definition) is 4. The smallest absolute Gasteiger partial charge is 0.263 e. The minimum Gasteiger partial charge on any atom is -0.397 e. The van der Waals surface area contributed by atoms with E-state index in [0.29, 0.717) is 27.4 Å². The molecular formula is C15H17ClN2OS2. The third-order valence-corrected chi connectivity index (χ3v) is 6.55. The summed E-state index contributed by atoms with van der Waals surface area (Å²) in [5, 5.41) is 4.94. The van der Waals surface area contributed by atoms with Gasteiger partial charge in [0.2, 0.25) is 0 Å². The zero-order valence-corrected chi connectivity index (χ0v) is 13.9. The summed E-state index contributed by atoms with van der Waals surface area (Å²) in [6.45, 7) is 0.713. The van der Waals surface area contributed by atoms with Gasteiger partial charge in [0.05, 0.1) is 10.7 Å². The van der Waals surface area contributed by atoms with E-state index < -0.39 is 0 Å². The zero-order chi connectivity index (χ0) is 14.8. The average Bonchev–Trinajstić information content (AvgIpc) is 2.84. The standard InChI is InChI=1S/C15H17ClN2OS2/c16-10-5-3-6-11-12(10)13(17)14(21-11)15(19)18-8-9-4-1-2-7-20-9/h3,5-6,9H,1-2,4,7-8,17H2,(H,18,19). The van der Waals surface area contributed by atoms with Gasteiger partial charge in [0.25, 0.3) is 5.91 Å². The Hall–Kier alpha value is -0.910. The number of anilines is 1. The second-order valence-corrected chi connectivity index (χ2v) is 8.02. The van der Waals surface area contributed by atoms with E-state index in [-0.39, 0.29) is 5.91 Å². The van der Waals surface area contributed by atoms with Gasteiger partial charge in [-0.1, -0.05) is 24.1 Å². The molecule has 1 aromatic heterocycles. The topological polar surface area (TPSA) is 55.1 Å². The second kappa shape index (κ2) is 6.46. The fraction of sp³-hybridized carbons (Fsp3) is 0.400. The Morgan fingerprint density at radius 1 is 1.43 bits per heavy atom. The van der Waals surface area contributed by atoms with Gasteiger partial charge in [0.1, 0.15) is 4.88 Å². The number of nitrogen functional groups attached to an aromatic ring is 1. The normalized spacial score (nSPS) is 18.8. The third-order valence-electron chi connectivity index (χ3n) is 3.67. The molecule has 3 nitrogen and oxygen atoms in total. The maximum absolute atomic E-state index is 12.4. The molecule has 2 aromatic rings. The Kier molecular flexibility index (Phi) is 4.62. The lowest BCUT2D eigenvalue weighted by Crippen LogP contribution is -2.31. The lowest BCUT2D eigenvalue weighted by atomic mass is 10.2. The van der Waals surface area contributed by atoms with E-state index in [1.807, 2.05) is 23.9 Å². The SMILES string of the molecule is Nc1c(C(=O)NCC2CCCCS2)sc2cccc(Cl)c12. The number of fused-ring (bicyclic) bond motifs is 1. The molecule has 1 aliphatic rings. The van der Waals surface area contributed by atoms with Crippen LogP contribution in [-0.4, -0.2) is 23.5 Å². The highest BCUT2D eigenvalue weighted by Crippen LogP contribution is 2.38. The Bertz CT molecular complexity index is 665. The molecule has 0 radical (unpaired) electrons. The van der Waals surface area contributed by atoms with Gasteiger partial charge in [0.15, 0.2) is 0 Å². The number of nitrogens with one attached hydrogen (secondary N) is 1. The molecule has 0 bridgehead atoms. The van der Waals surface area contributed by atoms with Crippen LogP contribution in [0.3, 0.4) is 0 Å². The fourth-order valence-corrected chi connectivity index (χ4v) is 5.19. The summed E-state index contributed by atoms with van der Waals surface area (Å²) in [6, 6.07) is 5.62. The quantitative estimate of drug-likeness (QED) is 0.882. The number of thioether (sulfide) groups is 1. The maximum Gasteiger partial charge on any atom is 0.263 e. The minimum absolute atomic E-state index is 0.0871. The molecule has 1 atom stereocenters. The van der Waals surface area contributed by atoms with Crippen LogP contribution in [0, 0.1) is 0 Å². The third kappa shape index (κ3) is 3.15. The van der Waals surface area contributed by atoms with E-state index in [1.54, 1.807) is 6.07 Å². The van der Waals surface area contributed by atoms with Gasteiger partial charge in [-0.05, 0) is 30.7 Å². The lowest BCUT2D eigenvalue weighted by Gasteiger charge is -2.21. The van der Waals surface area contributed by atoms with E-state index in [4.69, 9.17) is 17.3 Å². The molecule has 1 unspecified atom stereocenters. The van der Waals surface area contributed by atoms with Crippen molar-refractivity contribution in [3.63, 3.8) is 0 Å². The summed E-state index contributed by atoms with van der Waals surface area (Å²) in [6.07, 6.45) is 3.73. The van der Waals surface area contributed by atoms with E-state index in [2.05, 4.69) is 5.32 Å². The van der Waals surface area contributed by atoms with Crippen LogP contribution < -0.4 is 11.1 Å². The number of thiophene rings is 1. The highest BCUT2D eigenvalue weighted by Gasteiger charge is 2.20. The van der Waals surface area contributed by atoms with Crippen LogP contribution in [0.25, 0.3) is 10.1 Å². The van der Waals surface area contributed by atoms with E-state index in [0.717, 1.165) is 10.1 Å². The van der Waals surface area contributed by atoms with E-state index in [9.17, 15) is 4.79 Å². The van der Waals surface area contributed by atoms with Gasteiger partial charge >= 0.3 is 0 Å². The van der Waals surface area contributed by atoms with Gasteiger partial charge in [-0.3, -0.25) is 4.79 Å². The van der Waals surface area contributed by atoms with Crippen LogP contribution in [-0.2, 0) is 0 Å². The molecule has 1 aromatic carbocycles. The van der Waals surface area contributed by atoms with Crippen molar-refractivity contribution in [3.8, 4) is 0 Å². The first-order chi connectivity index (χ1) is 10.2. The molecule has 1 amide bonds. The first-order valence-electron chi connectivity index (χ1n) is 7.03. The number of halogens is 1. The summed E-state index contributed by atoms with van der Waals surface area (Å²) < 4.78 is 0.956. The van der Waals surface area contributed by atoms with Gasteiger partial charge in [-0.2, -0.15) is 11.8 Å². The zero-order valence-electron chi connectivity index (χ0n) is 11.5. The molecule has 1 aliphatic heterocycles. The monoisotopic (exact) mass is 340 g/mol. The van der Waals surface area contributed by atoms with E-state index >= 15 is 0 Å². The molecule has 1 saturated heterocycles. The van der Waals surface area contributed by atoms with Crippen molar-refractivity contribution in [2.75, 3.05) is 18.0 Å². The molecule has 1 fully saturated rings. The fourth-order valence-electron chi connectivity index (χ4n) is 2.55. The molecule has 6 heteroatoms. The Morgan fingerprint density at radius 2 is 2.29 bits per heavy atom. The van der Waals surface area contributed by atoms with Gasteiger partial charge < -0.3 is 11.1 Å². The van der Waals surface area contributed by atoms with Gasteiger partial charge in [0, 0.05) is 21.9 Å². The van der Waals surface area contributed by atoms with Crippen molar-refractivity contribution in [1.82, 2.24) is 5.32 Å². The Morgan fingerprint density at radius 3 is 3.00 bits per heavy atom. The Balaban J connectivity index is 1.75. The molecule has 0 aliphatic carbocycles. The summed E-state index contributed by atoms with van der Waals surface area (Å²) >= 11 is 9.52. The van der Waals surface area contributed by atoms with Crippen LogP contribution in [0.5, 0.6) is 0 Å². The molecule has 2 heterocycles. The second-order valence-electron chi connectivity index (χ2n) is 5.16. The first kappa shape index (κ1) is 15.0. The number of carbonyl (C=O) groups is 1. The van der Waals surface area contributed by atoms with Crippen LogP contribution in [0.15, 0.2) is 18.2 Å². The summed E-state index contributed by atoms with van der Waals surface area (Å²) in [4.78, 5) is 12.9. The van der Waals surface area contributed by atoms with Gasteiger partial charge in [-0.25, -0.2) is 0 Å². The van der Waals surface area contributed by atoms with Crippen LogP contribution >= 0.6 is 34.7 Å². The molecule has 0 spiro atoms. The number of rotatable bonds is 3. The first-order valence-corrected chi connectivity index (χ1v) is 9.27. The number of hydrogen-bond donors (Lipinski definition) is 2. The summed E-state index contributed by atoms with van der Waals surface area (Å²) in [5.74, 6) is 1.11. The van der Waals surface area contributed by atoms with Crippen molar-refractivity contribution in [2.24, 2.45) is 0 Å². The predicted octanol–water partition coefficient (Wildman–Crippen LogP) is 4.15. The molecule has 3 rings (SSSR count). The molecule has 112 valence electrons.